The lowest BCUT2D eigenvalue weighted by molar-refractivity contribution is -0.219. The largest absolute Gasteiger partial charge is 0.343 e. The Balaban J connectivity index is 2.78. The first-order valence-electron chi connectivity index (χ1n) is 9.43. The number of carbonyl (C=O) groups is 2. The predicted octanol–water partition coefficient (Wildman–Crippen LogP) is 3.88. The molecule has 3 N–H and O–H groups in total. The normalized spacial score (nSPS) is 11.6. The summed E-state index contributed by atoms with van der Waals surface area (Å²) in [5.41, 5.74) is 7.64. The van der Waals surface area contributed by atoms with Gasteiger partial charge in [0.2, 0.25) is 5.79 Å². The molecule has 1 aromatic carbocycles. The van der Waals surface area contributed by atoms with Crippen LogP contribution in [0.2, 0.25) is 0 Å². The highest BCUT2D eigenvalue weighted by molar-refractivity contribution is 5.92. The van der Waals surface area contributed by atoms with Gasteiger partial charge in [-0.2, -0.15) is 0 Å². The summed E-state index contributed by atoms with van der Waals surface area (Å²) in [5.74, 6) is -1.40. The molecule has 7 nitrogen and oxygen atoms in total. The summed E-state index contributed by atoms with van der Waals surface area (Å²) in [5, 5.41) is 2.78. The third-order valence-corrected chi connectivity index (χ3v) is 4.15. The first-order valence-corrected chi connectivity index (χ1v) is 9.43. The first kappa shape index (κ1) is 22.9. The van der Waals surface area contributed by atoms with Crippen LogP contribution in [0.3, 0.4) is 0 Å². The Bertz CT molecular complexity index is 638. The quantitative estimate of drug-likeness (QED) is 0.472. The third kappa shape index (κ3) is 6.52. The molecular formula is C20H33N3O4. The van der Waals surface area contributed by atoms with Crippen molar-refractivity contribution in [2.75, 3.05) is 18.5 Å². The molecule has 1 rings (SSSR count). The lowest BCUT2D eigenvalue weighted by atomic mass is 9.94. The summed E-state index contributed by atoms with van der Waals surface area (Å²) in [7, 11) is 0. The van der Waals surface area contributed by atoms with E-state index in [-0.39, 0.29) is 5.92 Å². The van der Waals surface area contributed by atoms with Crippen molar-refractivity contribution in [1.82, 2.24) is 10.9 Å². The molecule has 27 heavy (non-hydrogen) atoms. The van der Waals surface area contributed by atoms with Gasteiger partial charge < -0.3 is 14.8 Å². The average molecular weight is 380 g/mol. The van der Waals surface area contributed by atoms with Gasteiger partial charge in [-0.1, -0.05) is 39.8 Å². The van der Waals surface area contributed by atoms with Crippen molar-refractivity contribution in [1.29, 1.82) is 0 Å². The highest BCUT2D eigenvalue weighted by Gasteiger charge is 2.35. The van der Waals surface area contributed by atoms with Crippen LogP contribution in [0, 0.1) is 0 Å². The third-order valence-electron chi connectivity index (χ3n) is 4.15. The maximum absolute atomic E-state index is 12.3. The smallest absolute Gasteiger partial charge is 0.337 e. The summed E-state index contributed by atoms with van der Waals surface area (Å²) in [6.45, 7) is 14.0. The van der Waals surface area contributed by atoms with E-state index in [4.69, 9.17) is 9.47 Å². The topological polar surface area (TPSA) is 88.7 Å². The van der Waals surface area contributed by atoms with E-state index >= 15 is 0 Å². The Labute approximate surface area is 162 Å². The van der Waals surface area contributed by atoms with E-state index in [2.05, 4.69) is 49.9 Å². The number of hydrogen-bond donors (Lipinski definition) is 3. The Hall–Kier alpha value is -2.12. The van der Waals surface area contributed by atoms with Gasteiger partial charge >= 0.3 is 6.03 Å². The summed E-state index contributed by atoms with van der Waals surface area (Å²) in [6, 6.07) is 5.44. The van der Waals surface area contributed by atoms with Crippen LogP contribution in [-0.2, 0) is 14.3 Å². The SMILES string of the molecule is CCOC(C)(OCC)C(=O)NNC(=O)Nc1ccc(C(C)C)cc1C(C)C. The molecule has 0 spiro atoms. The average Bonchev–Trinajstić information content (AvgIpc) is 2.59. The highest BCUT2D eigenvalue weighted by Crippen LogP contribution is 2.28. The molecule has 0 bridgehead atoms. The Morgan fingerprint density at radius 2 is 1.59 bits per heavy atom. The second-order valence-corrected chi connectivity index (χ2v) is 7.00. The fourth-order valence-electron chi connectivity index (χ4n) is 2.64. The number of benzene rings is 1. The van der Waals surface area contributed by atoms with Crippen LogP contribution in [0.15, 0.2) is 18.2 Å². The van der Waals surface area contributed by atoms with Crippen LogP contribution in [0.5, 0.6) is 0 Å². The van der Waals surface area contributed by atoms with E-state index in [1.165, 1.54) is 12.5 Å². The van der Waals surface area contributed by atoms with Gasteiger partial charge in [0.15, 0.2) is 0 Å². The molecule has 0 aromatic heterocycles. The van der Waals surface area contributed by atoms with E-state index < -0.39 is 17.7 Å². The molecule has 0 aliphatic heterocycles. The van der Waals surface area contributed by atoms with Crippen LogP contribution in [0.25, 0.3) is 0 Å². The van der Waals surface area contributed by atoms with Crippen molar-refractivity contribution in [2.24, 2.45) is 0 Å². The van der Waals surface area contributed by atoms with Gasteiger partial charge in [0, 0.05) is 18.9 Å². The second-order valence-electron chi connectivity index (χ2n) is 7.00. The van der Waals surface area contributed by atoms with Gasteiger partial charge in [-0.25, -0.2) is 10.2 Å². The van der Waals surface area contributed by atoms with Crippen molar-refractivity contribution in [3.63, 3.8) is 0 Å². The number of rotatable bonds is 8. The number of hydrogen-bond acceptors (Lipinski definition) is 4. The van der Waals surface area contributed by atoms with Crippen molar-refractivity contribution >= 4 is 17.6 Å². The zero-order chi connectivity index (χ0) is 20.6. The van der Waals surface area contributed by atoms with Crippen LogP contribution in [0.4, 0.5) is 10.5 Å². The minimum Gasteiger partial charge on any atom is -0.343 e. The molecule has 0 aliphatic rings. The molecule has 152 valence electrons. The Morgan fingerprint density at radius 1 is 1.00 bits per heavy atom. The summed E-state index contributed by atoms with van der Waals surface area (Å²) < 4.78 is 10.7. The fourth-order valence-corrected chi connectivity index (χ4v) is 2.64. The molecule has 0 saturated heterocycles. The van der Waals surface area contributed by atoms with Crippen molar-refractivity contribution < 1.29 is 19.1 Å². The molecule has 0 aliphatic carbocycles. The number of ether oxygens (including phenoxy) is 2. The monoisotopic (exact) mass is 379 g/mol. The number of amides is 3. The van der Waals surface area contributed by atoms with Crippen molar-refractivity contribution in [3.05, 3.63) is 29.3 Å². The molecule has 0 radical (unpaired) electrons. The molecule has 0 fully saturated rings. The van der Waals surface area contributed by atoms with E-state index in [0.717, 1.165) is 5.56 Å². The fraction of sp³-hybridized carbons (Fsp3) is 0.600. The van der Waals surface area contributed by atoms with Gasteiger partial charge in [-0.05, 0) is 49.8 Å². The molecule has 0 saturated carbocycles. The van der Waals surface area contributed by atoms with Crippen LogP contribution in [0.1, 0.15) is 71.4 Å². The number of nitrogens with one attached hydrogen (secondary N) is 3. The maximum Gasteiger partial charge on any atom is 0.337 e. The molecule has 0 heterocycles. The van der Waals surface area contributed by atoms with Gasteiger partial charge in [0.25, 0.3) is 5.91 Å². The Morgan fingerprint density at radius 3 is 2.07 bits per heavy atom. The molecule has 0 atom stereocenters. The van der Waals surface area contributed by atoms with Gasteiger partial charge in [-0.3, -0.25) is 10.2 Å². The molecule has 7 heteroatoms. The number of hydrazine groups is 1. The van der Waals surface area contributed by atoms with Gasteiger partial charge in [0.05, 0.1) is 0 Å². The van der Waals surface area contributed by atoms with Crippen LogP contribution in [-0.4, -0.2) is 30.9 Å². The van der Waals surface area contributed by atoms with E-state index in [1.54, 1.807) is 13.8 Å². The molecule has 3 amide bonds. The lowest BCUT2D eigenvalue weighted by Gasteiger charge is -2.27. The minimum atomic E-state index is -1.46. The van der Waals surface area contributed by atoms with E-state index in [9.17, 15) is 9.59 Å². The van der Waals surface area contributed by atoms with Crippen LogP contribution < -0.4 is 16.2 Å². The molecule has 0 unspecified atom stereocenters. The lowest BCUT2D eigenvalue weighted by Crippen LogP contribution is -2.55. The Kier molecular flexibility index (Phi) is 8.72. The number of anilines is 1. The maximum atomic E-state index is 12.3. The zero-order valence-electron chi connectivity index (χ0n) is 17.4. The van der Waals surface area contributed by atoms with Gasteiger partial charge in [0.1, 0.15) is 0 Å². The number of carbonyl (C=O) groups excluding carboxylic acids is 2. The van der Waals surface area contributed by atoms with E-state index in [1.807, 2.05) is 12.1 Å². The molecule has 1 aromatic rings. The summed E-state index contributed by atoms with van der Waals surface area (Å²) in [6.07, 6.45) is 0. The minimum absolute atomic E-state index is 0.243. The van der Waals surface area contributed by atoms with Crippen LogP contribution >= 0.6 is 0 Å². The zero-order valence-corrected chi connectivity index (χ0v) is 17.4. The summed E-state index contributed by atoms with van der Waals surface area (Å²) in [4.78, 5) is 24.5. The second kappa shape index (κ2) is 10.3. The van der Waals surface area contributed by atoms with Gasteiger partial charge in [-0.15, -0.1) is 0 Å². The first-order chi connectivity index (χ1) is 12.6. The highest BCUT2D eigenvalue weighted by atomic mass is 16.7. The standard InChI is InChI=1S/C20H33N3O4/c1-8-26-20(7,27-9-2)18(24)22-23-19(25)21-17-11-10-15(13(3)4)12-16(17)14(5)6/h10-14H,8-9H2,1-7H3,(H,22,24)(H2,21,23,25). The predicted molar refractivity (Wildman–Crippen MR) is 107 cm³/mol. The molecular weight excluding hydrogens is 346 g/mol. The summed E-state index contributed by atoms with van der Waals surface area (Å²) >= 11 is 0. The van der Waals surface area contributed by atoms with Crippen molar-refractivity contribution in [2.45, 2.75) is 66.1 Å². The van der Waals surface area contributed by atoms with E-state index in [0.29, 0.717) is 24.8 Å². The van der Waals surface area contributed by atoms with Crippen molar-refractivity contribution in [3.8, 4) is 0 Å². The number of urea groups is 1.